The Morgan fingerprint density at radius 1 is 0.897 bits per heavy atom. The van der Waals surface area contributed by atoms with Gasteiger partial charge in [-0.15, -0.1) is 0 Å². The lowest BCUT2D eigenvalue weighted by Gasteiger charge is -2.36. The van der Waals surface area contributed by atoms with E-state index in [-0.39, 0.29) is 5.41 Å². The maximum Gasteiger partial charge on any atom is 0.313 e. The van der Waals surface area contributed by atoms with Crippen LogP contribution in [0.25, 0.3) is 0 Å². The Balaban J connectivity index is 1.57. The second kappa shape index (κ2) is 8.27. The Morgan fingerprint density at radius 3 is 2.10 bits per heavy atom. The Labute approximate surface area is 173 Å². The van der Waals surface area contributed by atoms with Gasteiger partial charge in [-0.3, -0.25) is 9.59 Å². The van der Waals surface area contributed by atoms with Gasteiger partial charge in [0.05, 0.1) is 0 Å². The van der Waals surface area contributed by atoms with Crippen LogP contribution in [-0.4, -0.2) is 42.9 Å². The van der Waals surface area contributed by atoms with Crippen LogP contribution in [-0.2, 0) is 15.0 Å². The van der Waals surface area contributed by atoms with Crippen molar-refractivity contribution in [3.8, 4) is 0 Å². The molecule has 2 aromatic carbocycles. The molecule has 0 saturated carbocycles. The van der Waals surface area contributed by atoms with Crippen molar-refractivity contribution in [3.05, 3.63) is 59.2 Å². The van der Waals surface area contributed by atoms with Crippen LogP contribution in [0.3, 0.4) is 0 Å². The summed E-state index contributed by atoms with van der Waals surface area (Å²) in [6.07, 6.45) is 0. The first-order valence-electron chi connectivity index (χ1n) is 10.2. The fraction of sp³-hybridized carbons (Fsp3) is 0.417. The van der Waals surface area contributed by atoms with E-state index in [4.69, 9.17) is 0 Å². The molecular weight excluding hydrogens is 362 g/mol. The first kappa shape index (κ1) is 20.9. The van der Waals surface area contributed by atoms with Crippen LogP contribution in [0.2, 0.25) is 0 Å². The number of amides is 2. The van der Waals surface area contributed by atoms with E-state index in [9.17, 15) is 9.59 Å². The quantitative estimate of drug-likeness (QED) is 0.788. The molecule has 0 radical (unpaired) electrons. The molecule has 1 fully saturated rings. The van der Waals surface area contributed by atoms with Gasteiger partial charge >= 0.3 is 11.8 Å². The number of rotatable bonds is 2. The minimum absolute atomic E-state index is 0.0493. The second-order valence-electron chi connectivity index (χ2n) is 8.78. The molecule has 29 heavy (non-hydrogen) atoms. The molecule has 0 aromatic heterocycles. The molecule has 0 unspecified atom stereocenters. The van der Waals surface area contributed by atoms with Crippen molar-refractivity contribution >= 4 is 23.2 Å². The molecule has 1 aliphatic heterocycles. The van der Waals surface area contributed by atoms with Gasteiger partial charge in [-0.25, -0.2) is 0 Å². The van der Waals surface area contributed by atoms with Crippen LogP contribution in [0.5, 0.6) is 0 Å². The number of piperazine rings is 1. The van der Waals surface area contributed by atoms with Crippen molar-refractivity contribution in [1.82, 2.24) is 4.90 Å². The summed E-state index contributed by atoms with van der Waals surface area (Å²) in [6.45, 7) is 13.2. The Bertz CT molecular complexity index is 889. The largest absolute Gasteiger partial charge is 0.368 e. The molecule has 0 spiro atoms. The first-order valence-corrected chi connectivity index (χ1v) is 10.2. The predicted octanol–water partition coefficient (Wildman–Crippen LogP) is 3.89. The van der Waals surface area contributed by atoms with Gasteiger partial charge in [0.15, 0.2) is 0 Å². The van der Waals surface area contributed by atoms with E-state index in [1.54, 1.807) is 4.90 Å². The molecule has 0 aliphatic carbocycles. The lowest BCUT2D eigenvalue weighted by molar-refractivity contribution is -0.143. The van der Waals surface area contributed by atoms with Gasteiger partial charge in [-0.1, -0.05) is 45.0 Å². The Kier molecular flexibility index (Phi) is 5.96. The summed E-state index contributed by atoms with van der Waals surface area (Å²) in [4.78, 5) is 28.9. The average Bonchev–Trinajstić information content (AvgIpc) is 2.69. The highest BCUT2D eigenvalue weighted by atomic mass is 16.2. The number of carbonyl (C=O) groups excluding carboxylic acids is 2. The molecule has 5 nitrogen and oxygen atoms in total. The summed E-state index contributed by atoms with van der Waals surface area (Å²) in [5.41, 5.74) is 5.62. The molecule has 1 heterocycles. The van der Waals surface area contributed by atoms with E-state index in [1.165, 1.54) is 22.4 Å². The third-order valence-corrected chi connectivity index (χ3v) is 5.69. The summed E-state index contributed by atoms with van der Waals surface area (Å²) in [7, 11) is 0. The monoisotopic (exact) mass is 393 g/mol. The first-order chi connectivity index (χ1) is 13.7. The lowest BCUT2D eigenvalue weighted by Crippen LogP contribution is -2.51. The number of anilines is 2. The molecule has 0 atom stereocenters. The van der Waals surface area contributed by atoms with Crippen molar-refractivity contribution in [2.45, 2.75) is 40.0 Å². The number of hydrogen-bond acceptors (Lipinski definition) is 3. The maximum atomic E-state index is 12.6. The number of carbonyl (C=O) groups is 2. The maximum absolute atomic E-state index is 12.6. The van der Waals surface area contributed by atoms with Crippen molar-refractivity contribution in [3.63, 3.8) is 0 Å². The lowest BCUT2D eigenvalue weighted by atomic mass is 9.87. The van der Waals surface area contributed by atoms with Crippen LogP contribution in [0.4, 0.5) is 11.4 Å². The zero-order chi connectivity index (χ0) is 21.2. The van der Waals surface area contributed by atoms with Gasteiger partial charge in [-0.2, -0.15) is 0 Å². The standard InChI is InChI=1S/C24H31N3O2/c1-17-7-6-8-21(18(17)2)26-13-15-27(16-14-26)23(29)22(28)25-20-11-9-19(10-12-20)24(3,4)5/h6-12H,13-16H2,1-5H3,(H,25,28). The molecule has 2 amide bonds. The molecule has 1 saturated heterocycles. The minimum Gasteiger partial charge on any atom is -0.368 e. The Morgan fingerprint density at radius 2 is 1.52 bits per heavy atom. The average molecular weight is 394 g/mol. The number of aryl methyl sites for hydroxylation is 1. The van der Waals surface area contributed by atoms with Crippen LogP contribution in [0, 0.1) is 13.8 Å². The predicted molar refractivity (Wildman–Crippen MR) is 118 cm³/mol. The zero-order valence-electron chi connectivity index (χ0n) is 18.1. The number of hydrogen-bond donors (Lipinski definition) is 1. The molecule has 154 valence electrons. The molecule has 1 aliphatic rings. The van der Waals surface area contributed by atoms with Crippen molar-refractivity contribution < 1.29 is 9.59 Å². The zero-order valence-corrected chi connectivity index (χ0v) is 18.1. The van der Waals surface area contributed by atoms with Gasteiger partial charge in [0, 0.05) is 37.6 Å². The number of nitrogens with zero attached hydrogens (tertiary/aromatic N) is 2. The van der Waals surface area contributed by atoms with Crippen LogP contribution < -0.4 is 10.2 Å². The van der Waals surface area contributed by atoms with Gasteiger partial charge in [0.1, 0.15) is 0 Å². The van der Waals surface area contributed by atoms with Crippen LogP contribution in [0.1, 0.15) is 37.5 Å². The van der Waals surface area contributed by atoms with E-state index in [2.05, 4.69) is 63.0 Å². The SMILES string of the molecule is Cc1cccc(N2CCN(C(=O)C(=O)Nc3ccc(C(C)(C)C)cc3)CC2)c1C. The fourth-order valence-electron chi connectivity index (χ4n) is 3.61. The number of benzene rings is 2. The third-order valence-electron chi connectivity index (χ3n) is 5.69. The fourth-order valence-corrected chi connectivity index (χ4v) is 3.61. The molecule has 3 rings (SSSR count). The van der Waals surface area contributed by atoms with E-state index in [0.717, 1.165) is 13.1 Å². The highest BCUT2D eigenvalue weighted by Crippen LogP contribution is 2.25. The number of nitrogens with one attached hydrogen (secondary N) is 1. The van der Waals surface area contributed by atoms with Crippen molar-refractivity contribution in [2.75, 3.05) is 36.4 Å². The van der Waals surface area contributed by atoms with Gasteiger partial charge in [-0.05, 0) is 54.2 Å². The van der Waals surface area contributed by atoms with E-state index in [1.807, 2.05) is 24.3 Å². The van der Waals surface area contributed by atoms with E-state index < -0.39 is 11.8 Å². The highest BCUT2D eigenvalue weighted by Gasteiger charge is 2.27. The smallest absolute Gasteiger partial charge is 0.313 e. The van der Waals surface area contributed by atoms with Crippen LogP contribution >= 0.6 is 0 Å². The van der Waals surface area contributed by atoms with Crippen molar-refractivity contribution in [1.29, 1.82) is 0 Å². The van der Waals surface area contributed by atoms with Gasteiger partial charge in [0.25, 0.3) is 0 Å². The van der Waals surface area contributed by atoms with E-state index >= 15 is 0 Å². The third kappa shape index (κ3) is 4.78. The second-order valence-corrected chi connectivity index (χ2v) is 8.78. The Hall–Kier alpha value is -2.82. The summed E-state index contributed by atoms with van der Waals surface area (Å²) in [5, 5.41) is 2.73. The molecule has 1 N–H and O–H groups in total. The van der Waals surface area contributed by atoms with Crippen molar-refractivity contribution in [2.24, 2.45) is 0 Å². The summed E-state index contributed by atoms with van der Waals surface area (Å²) >= 11 is 0. The van der Waals surface area contributed by atoms with Crippen LogP contribution in [0.15, 0.2) is 42.5 Å². The molecule has 2 aromatic rings. The highest BCUT2D eigenvalue weighted by molar-refractivity contribution is 6.39. The van der Waals surface area contributed by atoms with Gasteiger partial charge in [0.2, 0.25) is 0 Å². The summed E-state index contributed by atoms with van der Waals surface area (Å²) in [6, 6.07) is 14.0. The molecular formula is C24H31N3O2. The minimum atomic E-state index is -0.575. The topological polar surface area (TPSA) is 52.7 Å². The van der Waals surface area contributed by atoms with E-state index in [0.29, 0.717) is 18.8 Å². The summed E-state index contributed by atoms with van der Waals surface area (Å²) in [5.74, 6) is -1.04. The molecule has 0 bridgehead atoms. The summed E-state index contributed by atoms with van der Waals surface area (Å²) < 4.78 is 0. The normalized spacial score (nSPS) is 14.7. The van der Waals surface area contributed by atoms with Gasteiger partial charge < -0.3 is 15.1 Å². The molecule has 5 heteroatoms.